The third kappa shape index (κ3) is 10.9. The molecule has 1 aliphatic rings. The van der Waals surface area contributed by atoms with Crippen LogP contribution in [0.1, 0.15) is 38.1 Å². The number of nitrogens with zero attached hydrogens (tertiary/aromatic N) is 3. The molecule has 0 radical (unpaired) electrons. The number of piperazine rings is 1. The van der Waals surface area contributed by atoms with Crippen molar-refractivity contribution in [2.24, 2.45) is 0 Å². The molecule has 1 aromatic heterocycles. The molecule has 40 heavy (non-hydrogen) atoms. The molecule has 1 aliphatic heterocycles. The summed E-state index contributed by atoms with van der Waals surface area (Å²) in [5.41, 5.74) is 0.251. The highest BCUT2D eigenvalue weighted by atomic mass is 35.5. The maximum Gasteiger partial charge on any atom is 0.433 e. The fourth-order valence-corrected chi connectivity index (χ4v) is 4.05. The van der Waals surface area contributed by atoms with E-state index in [1.165, 1.54) is 18.2 Å². The Labute approximate surface area is 237 Å². The molecule has 0 amide bonds. The maximum absolute atomic E-state index is 12.6. The Morgan fingerprint density at radius 3 is 2.10 bits per heavy atom. The molecular formula is C29H36ClF4N3O3. The highest BCUT2D eigenvalue weighted by Crippen LogP contribution is 2.31. The van der Waals surface area contributed by atoms with Crippen LogP contribution in [0.3, 0.4) is 0 Å². The largest absolute Gasteiger partial charge is 0.491 e. The summed E-state index contributed by atoms with van der Waals surface area (Å²) < 4.78 is 55.2. The second-order valence-electron chi connectivity index (χ2n) is 8.85. The average Bonchev–Trinajstić information content (AvgIpc) is 2.94. The van der Waals surface area contributed by atoms with Crippen molar-refractivity contribution in [2.45, 2.75) is 39.2 Å². The summed E-state index contributed by atoms with van der Waals surface area (Å²) in [5, 5.41) is 20.2. The van der Waals surface area contributed by atoms with Gasteiger partial charge in [-0.1, -0.05) is 49.7 Å². The lowest BCUT2D eigenvalue weighted by atomic mass is 10.1. The number of aromatic nitrogens is 1. The molecule has 11 heteroatoms. The van der Waals surface area contributed by atoms with E-state index in [1.807, 2.05) is 24.8 Å². The molecule has 2 heterocycles. The van der Waals surface area contributed by atoms with E-state index in [9.17, 15) is 27.8 Å². The van der Waals surface area contributed by atoms with Crippen LogP contribution < -0.4 is 9.64 Å². The van der Waals surface area contributed by atoms with Crippen LogP contribution in [0.4, 0.5) is 23.2 Å². The van der Waals surface area contributed by atoms with Crippen molar-refractivity contribution >= 4 is 17.3 Å². The first-order chi connectivity index (χ1) is 19.0. The number of aliphatic hydroxyl groups excluding tert-OH is 2. The second kappa shape index (κ2) is 16.4. The molecule has 3 aromatic rings. The molecule has 0 bridgehead atoms. The number of rotatable bonds is 7. The van der Waals surface area contributed by atoms with E-state index in [4.69, 9.17) is 16.3 Å². The highest BCUT2D eigenvalue weighted by Gasteiger charge is 2.32. The zero-order chi connectivity index (χ0) is 29.7. The van der Waals surface area contributed by atoms with Gasteiger partial charge in [-0.05, 0) is 37.3 Å². The van der Waals surface area contributed by atoms with E-state index in [2.05, 4.69) is 9.88 Å². The molecule has 2 atom stereocenters. The minimum Gasteiger partial charge on any atom is -0.491 e. The maximum atomic E-state index is 12.6. The third-order valence-electron chi connectivity index (χ3n) is 5.75. The van der Waals surface area contributed by atoms with Gasteiger partial charge >= 0.3 is 6.18 Å². The third-order valence-corrected chi connectivity index (χ3v) is 6.05. The van der Waals surface area contributed by atoms with Gasteiger partial charge in [0.1, 0.15) is 23.9 Å². The summed E-state index contributed by atoms with van der Waals surface area (Å²) >= 11 is 6.40. The Kier molecular flexibility index (Phi) is 13.6. The van der Waals surface area contributed by atoms with E-state index in [0.717, 1.165) is 18.0 Å². The van der Waals surface area contributed by atoms with Crippen molar-refractivity contribution in [1.29, 1.82) is 0 Å². The SMILES string of the molecule is CC.CC(O)COc1ccc(N2CCN(CC(O)c3ccc(C(F)(F)F)nc3)CC2)c(Cl)c1.Fc1ccccc1. The van der Waals surface area contributed by atoms with Crippen LogP contribution in [0.5, 0.6) is 5.75 Å². The minimum atomic E-state index is -4.50. The summed E-state index contributed by atoms with van der Waals surface area (Å²) in [6.07, 6.45) is -4.91. The molecule has 0 spiro atoms. The number of benzene rings is 2. The van der Waals surface area contributed by atoms with Crippen LogP contribution in [0, 0.1) is 5.82 Å². The Bertz CT molecular complexity index is 1130. The lowest BCUT2D eigenvalue weighted by Gasteiger charge is -2.37. The number of alkyl halides is 3. The number of hydrogen-bond acceptors (Lipinski definition) is 6. The number of halogens is 5. The van der Waals surface area contributed by atoms with E-state index in [0.29, 0.717) is 49.1 Å². The van der Waals surface area contributed by atoms with Gasteiger partial charge in [0.25, 0.3) is 0 Å². The minimum absolute atomic E-state index is 0.178. The van der Waals surface area contributed by atoms with Gasteiger partial charge in [-0.2, -0.15) is 13.2 Å². The van der Waals surface area contributed by atoms with Crippen LogP contribution in [-0.2, 0) is 6.18 Å². The Balaban J connectivity index is 0.000000534. The molecular weight excluding hydrogens is 550 g/mol. The molecule has 0 saturated carbocycles. The van der Waals surface area contributed by atoms with Crippen LogP contribution >= 0.6 is 11.6 Å². The van der Waals surface area contributed by atoms with Crippen molar-refractivity contribution in [2.75, 3.05) is 44.2 Å². The predicted octanol–water partition coefficient (Wildman–Crippen LogP) is 6.22. The molecule has 2 N–H and O–H groups in total. The summed E-state index contributed by atoms with van der Waals surface area (Å²) in [7, 11) is 0. The van der Waals surface area contributed by atoms with Crippen LogP contribution in [0.2, 0.25) is 5.02 Å². The molecule has 2 aromatic carbocycles. The standard InChI is InChI=1S/C21H25ClF3N3O3.C6H5F.C2H6/c1-14(29)13-31-16-3-4-18(17(22)10-16)28-8-6-27(7-9-28)12-19(30)15-2-5-20(26-11-15)21(23,24)25;7-6-4-2-1-3-5-6;1-2/h2-5,10-11,14,19,29-30H,6-9,12-13H2,1H3;1-5H;1-2H3. The zero-order valence-electron chi connectivity index (χ0n) is 22.8. The van der Waals surface area contributed by atoms with Gasteiger partial charge in [-0.3, -0.25) is 9.88 Å². The van der Waals surface area contributed by atoms with E-state index < -0.39 is 24.1 Å². The van der Waals surface area contributed by atoms with Crippen molar-refractivity contribution in [3.8, 4) is 5.75 Å². The Morgan fingerprint density at radius 1 is 0.975 bits per heavy atom. The van der Waals surface area contributed by atoms with Gasteiger partial charge in [0.2, 0.25) is 0 Å². The van der Waals surface area contributed by atoms with E-state index >= 15 is 0 Å². The molecule has 2 unspecified atom stereocenters. The fourth-order valence-electron chi connectivity index (χ4n) is 3.76. The van der Waals surface area contributed by atoms with Crippen LogP contribution in [-0.4, -0.2) is 65.5 Å². The van der Waals surface area contributed by atoms with Crippen molar-refractivity contribution < 1.29 is 32.5 Å². The first kappa shape index (κ1) is 33.3. The van der Waals surface area contributed by atoms with Crippen molar-refractivity contribution in [1.82, 2.24) is 9.88 Å². The van der Waals surface area contributed by atoms with E-state index in [1.54, 1.807) is 37.3 Å². The van der Waals surface area contributed by atoms with Gasteiger partial charge in [-0.15, -0.1) is 0 Å². The topological polar surface area (TPSA) is 69.1 Å². The average molecular weight is 586 g/mol. The van der Waals surface area contributed by atoms with Gasteiger partial charge in [0, 0.05) is 50.6 Å². The molecule has 1 saturated heterocycles. The summed E-state index contributed by atoms with van der Waals surface area (Å²) in [6.45, 7) is 8.84. The number of pyridine rings is 1. The quantitative estimate of drug-likeness (QED) is 0.321. The lowest BCUT2D eigenvalue weighted by molar-refractivity contribution is -0.141. The van der Waals surface area contributed by atoms with Gasteiger partial charge in [0.05, 0.1) is 22.9 Å². The highest BCUT2D eigenvalue weighted by molar-refractivity contribution is 6.33. The first-order valence-electron chi connectivity index (χ1n) is 13.0. The smallest absolute Gasteiger partial charge is 0.433 e. The first-order valence-corrected chi connectivity index (χ1v) is 13.4. The number of β-amino-alcohol motifs (C(OH)–C–C–N with tert-alkyl or cyclic N) is 1. The monoisotopic (exact) mass is 585 g/mol. The van der Waals surface area contributed by atoms with Crippen LogP contribution in [0.15, 0.2) is 66.9 Å². The predicted molar refractivity (Wildman–Crippen MR) is 149 cm³/mol. The van der Waals surface area contributed by atoms with Gasteiger partial charge in [0.15, 0.2) is 0 Å². The lowest BCUT2D eigenvalue weighted by Crippen LogP contribution is -2.47. The summed E-state index contributed by atoms with van der Waals surface area (Å²) in [4.78, 5) is 7.58. The number of aliphatic hydroxyl groups is 2. The van der Waals surface area contributed by atoms with Crippen LogP contribution in [0.25, 0.3) is 0 Å². The normalized spacial score (nSPS) is 15.2. The van der Waals surface area contributed by atoms with E-state index in [-0.39, 0.29) is 12.4 Å². The Morgan fingerprint density at radius 2 is 1.62 bits per heavy atom. The molecule has 0 aliphatic carbocycles. The van der Waals surface area contributed by atoms with Crippen molar-refractivity contribution in [3.63, 3.8) is 0 Å². The summed E-state index contributed by atoms with van der Waals surface area (Å²) in [5.74, 6) is 0.407. The number of hydrogen-bond donors (Lipinski definition) is 2. The molecule has 6 nitrogen and oxygen atoms in total. The molecule has 220 valence electrons. The summed E-state index contributed by atoms with van der Waals surface area (Å²) in [6, 6.07) is 15.5. The molecule has 4 rings (SSSR count). The van der Waals surface area contributed by atoms with Gasteiger partial charge < -0.3 is 19.8 Å². The zero-order valence-corrected chi connectivity index (χ0v) is 23.5. The van der Waals surface area contributed by atoms with Gasteiger partial charge in [-0.25, -0.2) is 4.39 Å². The second-order valence-corrected chi connectivity index (χ2v) is 9.25. The Hall–Kier alpha value is -2.92. The number of ether oxygens (including phenoxy) is 1. The van der Waals surface area contributed by atoms with Crippen molar-refractivity contribution in [3.05, 3.63) is 89.0 Å². The molecule has 1 fully saturated rings. The number of anilines is 1. The fraction of sp³-hybridized carbons (Fsp3) is 0.414.